The Bertz CT molecular complexity index is 821. The highest BCUT2D eigenvalue weighted by Gasteiger charge is 2.22. The zero-order valence-electron chi connectivity index (χ0n) is 16.8. The van der Waals surface area contributed by atoms with Gasteiger partial charge in [0.05, 0.1) is 26.0 Å². The van der Waals surface area contributed by atoms with Crippen molar-refractivity contribution in [3.8, 4) is 11.5 Å². The molecule has 2 heterocycles. The summed E-state index contributed by atoms with van der Waals surface area (Å²) in [5, 5.41) is 0. The molecule has 0 aliphatic carbocycles. The van der Waals surface area contributed by atoms with Crippen LogP contribution in [0.3, 0.4) is 0 Å². The van der Waals surface area contributed by atoms with Crippen LogP contribution in [0.2, 0.25) is 0 Å². The molecule has 2 amide bonds. The number of carbonyl (C=O) groups excluding carboxylic acids is 2. The van der Waals surface area contributed by atoms with Crippen molar-refractivity contribution in [2.75, 3.05) is 33.6 Å². The van der Waals surface area contributed by atoms with Crippen LogP contribution in [0.25, 0.3) is 0 Å². The van der Waals surface area contributed by atoms with Gasteiger partial charge in [-0.1, -0.05) is 13.0 Å². The summed E-state index contributed by atoms with van der Waals surface area (Å²) in [5.41, 5.74) is 0.902. The predicted molar refractivity (Wildman–Crippen MR) is 104 cm³/mol. The van der Waals surface area contributed by atoms with Crippen LogP contribution >= 0.6 is 0 Å². The lowest BCUT2D eigenvalue weighted by atomic mass is 10.2. The third-order valence-corrected chi connectivity index (χ3v) is 4.64. The quantitative estimate of drug-likeness (QED) is 0.607. The van der Waals surface area contributed by atoms with Gasteiger partial charge in [-0.05, 0) is 29.8 Å². The SMILES string of the molecule is CCC(=O)N(CCOC)CC(=O)N(Cc1ccc2c(c1)OCO2)Cc1ccco1. The normalized spacial score (nSPS) is 12.1. The van der Waals surface area contributed by atoms with Gasteiger partial charge < -0.3 is 28.4 Å². The number of furan rings is 1. The Hall–Kier alpha value is -3.00. The highest BCUT2D eigenvalue weighted by Crippen LogP contribution is 2.33. The molecule has 29 heavy (non-hydrogen) atoms. The maximum absolute atomic E-state index is 13.1. The van der Waals surface area contributed by atoms with Crippen molar-refractivity contribution >= 4 is 11.8 Å². The smallest absolute Gasteiger partial charge is 0.242 e. The standard InChI is InChI=1S/C21H26N2O6/c1-3-20(24)22(8-10-26-2)14-21(25)23(13-17-5-4-9-27-17)12-16-6-7-18-19(11-16)29-15-28-18/h4-7,9,11H,3,8,10,12-15H2,1-2H3. The molecule has 0 saturated carbocycles. The molecule has 1 aliphatic heterocycles. The van der Waals surface area contributed by atoms with Gasteiger partial charge >= 0.3 is 0 Å². The second-order valence-electron chi connectivity index (χ2n) is 6.68. The van der Waals surface area contributed by atoms with Gasteiger partial charge in [-0.25, -0.2) is 0 Å². The molecule has 0 fully saturated rings. The first-order chi connectivity index (χ1) is 14.1. The molecule has 0 spiro atoms. The van der Waals surface area contributed by atoms with Gasteiger partial charge in [-0.3, -0.25) is 9.59 Å². The van der Waals surface area contributed by atoms with Gasteiger partial charge in [-0.15, -0.1) is 0 Å². The minimum Gasteiger partial charge on any atom is -0.467 e. The lowest BCUT2D eigenvalue weighted by molar-refractivity contribution is -0.141. The largest absolute Gasteiger partial charge is 0.467 e. The van der Waals surface area contributed by atoms with E-state index in [1.54, 1.807) is 31.3 Å². The minimum atomic E-state index is -0.169. The molecule has 0 atom stereocenters. The van der Waals surface area contributed by atoms with Gasteiger partial charge in [0, 0.05) is 26.6 Å². The first kappa shape index (κ1) is 20.7. The van der Waals surface area contributed by atoms with E-state index >= 15 is 0 Å². The molecule has 0 bridgehead atoms. The van der Waals surface area contributed by atoms with E-state index in [1.165, 1.54) is 4.90 Å². The summed E-state index contributed by atoms with van der Waals surface area (Å²) in [6.45, 7) is 3.36. The van der Waals surface area contributed by atoms with Gasteiger partial charge in [0.25, 0.3) is 0 Å². The monoisotopic (exact) mass is 402 g/mol. The van der Waals surface area contributed by atoms with E-state index < -0.39 is 0 Å². The van der Waals surface area contributed by atoms with Crippen LogP contribution in [0.15, 0.2) is 41.0 Å². The molecule has 0 unspecified atom stereocenters. The first-order valence-electron chi connectivity index (χ1n) is 9.56. The van der Waals surface area contributed by atoms with Crippen molar-refractivity contribution in [3.63, 3.8) is 0 Å². The van der Waals surface area contributed by atoms with Gasteiger partial charge in [0.15, 0.2) is 11.5 Å². The minimum absolute atomic E-state index is 0.0126. The van der Waals surface area contributed by atoms with Crippen molar-refractivity contribution < 1.29 is 28.2 Å². The Morgan fingerprint density at radius 1 is 1.07 bits per heavy atom. The highest BCUT2D eigenvalue weighted by molar-refractivity contribution is 5.84. The maximum atomic E-state index is 13.1. The molecule has 3 rings (SSSR count). The molecular formula is C21H26N2O6. The second kappa shape index (κ2) is 9.97. The van der Waals surface area contributed by atoms with E-state index in [-0.39, 0.29) is 25.2 Å². The van der Waals surface area contributed by atoms with E-state index in [2.05, 4.69) is 0 Å². The molecular weight excluding hydrogens is 376 g/mol. The second-order valence-corrected chi connectivity index (χ2v) is 6.68. The Kier molecular flexibility index (Phi) is 7.13. The molecule has 156 valence electrons. The highest BCUT2D eigenvalue weighted by atomic mass is 16.7. The fraction of sp³-hybridized carbons (Fsp3) is 0.429. The summed E-state index contributed by atoms with van der Waals surface area (Å²) in [5.74, 6) is 1.77. The summed E-state index contributed by atoms with van der Waals surface area (Å²) in [6, 6.07) is 9.20. The van der Waals surface area contributed by atoms with Crippen molar-refractivity contribution in [1.82, 2.24) is 9.80 Å². The average molecular weight is 402 g/mol. The van der Waals surface area contributed by atoms with Gasteiger partial charge in [0.2, 0.25) is 18.6 Å². The number of fused-ring (bicyclic) bond motifs is 1. The van der Waals surface area contributed by atoms with E-state index in [4.69, 9.17) is 18.6 Å². The zero-order chi connectivity index (χ0) is 20.6. The fourth-order valence-corrected chi connectivity index (χ4v) is 3.06. The molecule has 8 heteroatoms. The number of amides is 2. The number of rotatable bonds is 10. The fourth-order valence-electron chi connectivity index (χ4n) is 3.06. The molecule has 2 aromatic rings. The summed E-state index contributed by atoms with van der Waals surface area (Å²) in [6.07, 6.45) is 1.90. The molecule has 0 saturated heterocycles. The number of carbonyl (C=O) groups is 2. The Balaban J connectivity index is 1.74. The van der Waals surface area contributed by atoms with Crippen LogP contribution in [-0.2, 0) is 27.4 Å². The van der Waals surface area contributed by atoms with Crippen LogP contribution < -0.4 is 9.47 Å². The number of nitrogens with zero attached hydrogens (tertiary/aromatic N) is 2. The van der Waals surface area contributed by atoms with E-state index in [0.717, 1.165) is 5.56 Å². The zero-order valence-corrected chi connectivity index (χ0v) is 16.8. The van der Waals surface area contributed by atoms with Crippen LogP contribution in [-0.4, -0.2) is 55.2 Å². The van der Waals surface area contributed by atoms with E-state index in [1.807, 2.05) is 24.3 Å². The Morgan fingerprint density at radius 2 is 1.90 bits per heavy atom. The number of methoxy groups -OCH3 is 1. The van der Waals surface area contributed by atoms with Crippen LogP contribution in [0, 0.1) is 0 Å². The molecule has 1 aromatic heterocycles. The summed E-state index contributed by atoms with van der Waals surface area (Å²) in [4.78, 5) is 28.5. The molecule has 1 aromatic carbocycles. The third-order valence-electron chi connectivity index (χ3n) is 4.64. The van der Waals surface area contributed by atoms with E-state index in [9.17, 15) is 9.59 Å². The topological polar surface area (TPSA) is 81.5 Å². The van der Waals surface area contributed by atoms with E-state index in [0.29, 0.717) is 49.9 Å². The molecule has 8 nitrogen and oxygen atoms in total. The lowest BCUT2D eigenvalue weighted by Gasteiger charge is -2.27. The summed E-state index contributed by atoms with van der Waals surface area (Å²) < 4.78 is 21.3. The molecule has 1 aliphatic rings. The average Bonchev–Trinajstić information content (AvgIpc) is 3.41. The molecule has 0 N–H and O–H groups in total. The summed E-state index contributed by atoms with van der Waals surface area (Å²) >= 11 is 0. The number of hydrogen-bond donors (Lipinski definition) is 0. The summed E-state index contributed by atoms with van der Waals surface area (Å²) in [7, 11) is 1.57. The Morgan fingerprint density at radius 3 is 2.62 bits per heavy atom. The maximum Gasteiger partial charge on any atom is 0.242 e. The Labute approximate surface area is 169 Å². The number of hydrogen-bond acceptors (Lipinski definition) is 6. The number of ether oxygens (including phenoxy) is 3. The van der Waals surface area contributed by atoms with Crippen LogP contribution in [0.1, 0.15) is 24.7 Å². The van der Waals surface area contributed by atoms with Crippen molar-refractivity contribution in [1.29, 1.82) is 0 Å². The van der Waals surface area contributed by atoms with Crippen molar-refractivity contribution in [2.45, 2.75) is 26.4 Å². The molecule has 0 radical (unpaired) electrons. The van der Waals surface area contributed by atoms with Gasteiger partial charge in [-0.2, -0.15) is 0 Å². The first-order valence-corrected chi connectivity index (χ1v) is 9.56. The predicted octanol–water partition coefficient (Wildman–Crippen LogP) is 2.42. The third kappa shape index (κ3) is 5.51. The van der Waals surface area contributed by atoms with Crippen LogP contribution in [0.5, 0.6) is 11.5 Å². The number of benzene rings is 1. The van der Waals surface area contributed by atoms with Gasteiger partial charge in [0.1, 0.15) is 5.76 Å². The van der Waals surface area contributed by atoms with Crippen LogP contribution in [0.4, 0.5) is 0 Å². The lowest BCUT2D eigenvalue weighted by Crippen LogP contribution is -2.43. The van der Waals surface area contributed by atoms with Crippen molar-refractivity contribution in [2.24, 2.45) is 0 Å². The van der Waals surface area contributed by atoms with Crippen molar-refractivity contribution in [3.05, 3.63) is 47.9 Å².